The first-order valence-corrected chi connectivity index (χ1v) is 7.21. The van der Waals surface area contributed by atoms with Crippen LogP contribution in [0.5, 0.6) is 0 Å². The van der Waals surface area contributed by atoms with Crippen LogP contribution in [0.15, 0.2) is 12.1 Å². The van der Waals surface area contributed by atoms with E-state index in [4.69, 9.17) is 5.11 Å². The lowest BCUT2D eigenvalue weighted by atomic mass is 9.93. The lowest BCUT2D eigenvalue weighted by molar-refractivity contribution is -0.385. The van der Waals surface area contributed by atoms with Gasteiger partial charge in [0.15, 0.2) is 0 Å². The number of nitro benzene ring substituents is 1. The summed E-state index contributed by atoms with van der Waals surface area (Å²) in [5.74, 6) is -0.443. The zero-order valence-corrected chi connectivity index (χ0v) is 12.3. The average Bonchev–Trinajstić information content (AvgIpc) is 2.47. The maximum absolute atomic E-state index is 11.2. The Morgan fingerprint density at radius 2 is 2.05 bits per heavy atom. The van der Waals surface area contributed by atoms with Crippen LogP contribution in [0.1, 0.15) is 42.1 Å². The van der Waals surface area contributed by atoms with Crippen LogP contribution in [0.4, 0.5) is 11.4 Å². The van der Waals surface area contributed by atoms with Gasteiger partial charge in [-0.3, -0.25) is 10.1 Å². The highest BCUT2D eigenvalue weighted by molar-refractivity contribution is 5.90. The molecule has 1 aromatic carbocycles. The minimum absolute atomic E-state index is 0.0279. The Kier molecular flexibility index (Phi) is 4.45. The quantitative estimate of drug-likeness (QED) is 0.680. The van der Waals surface area contributed by atoms with Crippen LogP contribution in [0.25, 0.3) is 0 Å². The number of nitrogens with zero attached hydrogens (tertiary/aromatic N) is 2. The Balaban J connectivity index is 2.38. The van der Waals surface area contributed by atoms with E-state index in [-0.39, 0.29) is 11.3 Å². The molecule has 114 valence electrons. The number of piperidine rings is 1. The van der Waals surface area contributed by atoms with Gasteiger partial charge in [0.2, 0.25) is 0 Å². The van der Waals surface area contributed by atoms with Gasteiger partial charge >= 0.3 is 5.97 Å². The molecule has 0 unspecified atom stereocenters. The number of hydrogen-bond acceptors (Lipinski definition) is 4. The summed E-state index contributed by atoms with van der Waals surface area (Å²) in [6.45, 7) is 5.49. The minimum atomic E-state index is -1.14. The molecular formula is C15H20N2O4. The highest BCUT2D eigenvalue weighted by Crippen LogP contribution is 2.33. The zero-order chi connectivity index (χ0) is 15.6. The minimum Gasteiger partial charge on any atom is -0.478 e. The molecule has 1 aromatic rings. The molecule has 0 radical (unpaired) electrons. The average molecular weight is 292 g/mol. The van der Waals surface area contributed by atoms with Crippen LogP contribution in [-0.4, -0.2) is 29.1 Å². The number of aromatic carboxylic acids is 1. The molecule has 0 aromatic heterocycles. The van der Waals surface area contributed by atoms with Crippen LogP contribution in [0, 0.1) is 23.0 Å². The van der Waals surface area contributed by atoms with E-state index in [9.17, 15) is 14.9 Å². The lowest BCUT2D eigenvalue weighted by Gasteiger charge is -2.34. The van der Waals surface area contributed by atoms with Crippen LogP contribution in [-0.2, 0) is 0 Å². The van der Waals surface area contributed by atoms with E-state index in [1.807, 2.05) is 0 Å². The predicted octanol–water partition coefficient (Wildman–Crippen LogP) is 3.23. The van der Waals surface area contributed by atoms with Gasteiger partial charge in [-0.25, -0.2) is 4.79 Å². The Morgan fingerprint density at radius 3 is 2.52 bits per heavy atom. The fourth-order valence-corrected chi connectivity index (χ4v) is 2.91. The van der Waals surface area contributed by atoms with E-state index in [1.54, 1.807) is 13.0 Å². The summed E-state index contributed by atoms with van der Waals surface area (Å²) in [5, 5.41) is 20.3. The highest BCUT2D eigenvalue weighted by Gasteiger charge is 2.25. The van der Waals surface area contributed by atoms with Crippen LogP contribution in [0.2, 0.25) is 0 Å². The van der Waals surface area contributed by atoms with E-state index in [2.05, 4.69) is 11.8 Å². The molecule has 0 spiro atoms. The van der Waals surface area contributed by atoms with Crippen LogP contribution < -0.4 is 4.90 Å². The van der Waals surface area contributed by atoms with E-state index in [1.165, 1.54) is 0 Å². The summed E-state index contributed by atoms with van der Waals surface area (Å²) < 4.78 is 0. The van der Waals surface area contributed by atoms with Crippen molar-refractivity contribution >= 4 is 17.3 Å². The first-order valence-electron chi connectivity index (χ1n) is 7.21. The smallest absolute Gasteiger partial charge is 0.336 e. The largest absolute Gasteiger partial charge is 0.478 e. The molecule has 2 rings (SSSR count). The summed E-state index contributed by atoms with van der Waals surface area (Å²) in [6.07, 6.45) is 3.23. The number of carboxylic acid groups (broad SMARTS) is 1. The second-order valence-electron chi connectivity index (χ2n) is 5.54. The summed E-state index contributed by atoms with van der Waals surface area (Å²) in [6, 6.07) is 2.69. The molecule has 0 bridgehead atoms. The molecule has 1 aliphatic heterocycles. The molecule has 0 aliphatic carbocycles. The second kappa shape index (κ2) is 6.11. The van der Waals surface area contributed by atoms with Crippen molar-refractivity contribution in [2.24, 2.45) is 5.92 Å². The standard InChI is InChI=1S/C15H20N2O4/c1-3-11-4-6-16(7-5-11)13-8-12(15(18)19)9-14(10(13)2)17(20)21/h8-9,11H,3-7H2,1-2H3,(H,18,19). The van der Waals surface area contributed by atoms with Crippen LogP contribution >= 0.6 is 0 Å². The van der Waals surface area contributed by atoms with Gasteiger partial charge in [-0.1, -0.05) is 13.3 Å². The maximum Gasteiger partial charge on any atom is 0.336 e. The van der Waals surface area contributed by atoms with Gasteiger partial charge in [0.05, 0.1) is 16.1 Å². The molecular weight excluding hydrogens is 272 g/mol. The van der Waals surface area contributed by atoms with Gasteiger partial charge in [0.25, 0.3) is 5.69 Å². The molecule has 6 heteroatoms. The number of benzene rings is 1. The molecule has 0 atom stereocenters. The van der Waals surface area contributed by atoms with Crippen molar-refractivity contribution in [1.29, 1.82) is 0 Å². The molecule has 1 heterocycles. The first-order chi connectivity index (χ1) is 9.93. The number of carboxylic acids is 1. The number of carbonyl (C=O) groups is 1. The molecule has 6 nitrogen and oxygen atoms in total. The highest BCUT2D eigenvalue weighted by atomic mass is 16.6. The lowest BCUT2D eigenvalue weighted by Crippen LogP contribution is -2.34. The van der Waals surface area contributed by atoms with E-state index in [0.717, 1.165) is 38.4 Å². The SMILES string of the molecule is CCC1CCN(c2cc(C(=O)O)cc([N+](=O)[O-])c2C)CC1. The number of rotatable bonds is 4. The normalized spacial score (nSPS) is 16.0. The molecule has 1 N–H and O–H groups in total. The number of nitro groups is 1. The monoisotopic (exact) mass is 292 g/mol. The summed E-state index contributed by atoms with van der Waals surface area (Å²) in [5.41, 5.74) is 1.07. The van der Waals surface area contributed by atoms with Crippen LogP contribution in [0.3, 0.4) is 0 Å². The summed E-state index contributed by atoms with van der Waals surface area (Å²) in [7, 11) is 0. The fourth-order valence-electron chi connectivity index (χ4n) is 2.91. The molecule has 1 fully saturated rings. The van der Waals surface area contributed by atoms with Crippen molar-refractivity contribution in [3.8, 4) is 0 Å². The Hall–Kier alpha value is -2.11. The van der Waals surface area contributed by atoms with E-state index < -0.39 is 10.9 Å². The molecule has 0 saturated carbocycles. The maximum atomic E-state index is 11.2. The van der Waals surface area contributed by atoms with E-state index in [0.29, 0.717) is 17.2 Å². The Labute approximate surface area is 123 Å². The third kappa shape index (κ3) is 3.15. The number of anilines is 1. The van der Waals surface area contributed by atoms with Crippen molar-refractivity contribution in [2.45, 2.75) is 33.1 Å². The molecule has 1 aliphatic rings. The van der Waals surface area contributed by atoms with Gasteiger partial charge in [-0.05, 0) is 31.7 Å². The Bertz CT molecular complexity index is 563. The van der Waals surface area contributed by atoms with Gasteiger partial charge in [0.1, 0.15) is 0 Å². The molecule has 21 heavy (non-hydrogen) atoms. The number of hydrogen-bond donors (Lipinski definition) is 1. The predicted molar refractivity (Wildman–Crippen MR) is 80.0 cm³/mol. The van der Waals surface area contributed by atoms with Gasteiger partial charge in [-0.15, -0.1) is 0 Å². The second-order valence-corrected chi connectivity index (χ2v) is 5.54. The zero-order valence-electron chi connectivity index (χ0n) is 12.3. The fraction of sp³-hybridized carbons (Fsp3) is 0.533. The van der Waals surface area contributed by atoms with Crippen molar-refractivity contribution in [3.63, 3.8) is 0 Å². The van der Waals surface area contributed by atoms with Gasteiger partial charge < -0.3 is 10.0 Å². The van der Waals surface area contributed by atoms with Gasteiger partial charge in [-0.2, -0.15) is 0 Å². The first kappa shape index (κ1) is 15.3. The summed E-state index contributed by atoms with van der Waals surface area (Å²) in [4.78, 5) is 23.9. The topological polar surface area (TPSA) is 83.7 Å². The van der Waals surface area contributed by atoms with Crippen molar-refractivity contribution < 1.29 is 14.8 Å². The van der Waals surface area contributed by atoms with Crippen molar-refractivity contribution in [3.05, 3.63) is 33.4 Å². The third-order valence-corrected chi connectivity index (χ3v) is 4.33. The summed E-state index contributed by atoms with van der Waals surface area (Å²) >= 11 is 0. The van der Waals surface area contributed by atoms with E-state index >= 15 is 0 Å². The van der Waals surface area contributed by atoms with Gasteiger partial charge in [0, 0.05) is 24.8 Å². The third-order valence-electron chi connectivity index (χ3n) is 4.33. The molecule has 1 saturated heterocycles. The van der Waals surface area contributed by atoms with Crippen molar-refractivity contribution in [2.75, 3.05) is 18.0 Å². The molecule has 0 amide bonds. The van der Waals surface area contributed by atoms with Crippen molar-refractivity contribution in [1.82, 2.24) is 0 Å². The Morgan fingerprint density at radius 1 is 1.43 bits per heavy atom.